The van der Waals surface area contributed by atoms with E-state index in [9.17, 15) is 37.6 Å². The van der Waals surface area contributed by atoms with Crippen LogP contribution in [-0.2, 0) is 26.0 Å². The molecule has 240 valence electrons. The van der Waals surface area contributed by atoms with Gasteiger partial charge in [0.1, 0.15) is 47.6 Å². The molecule has 0 aromatic heterocycles. The van der Waals surface area contributed by atoms with E-state index in [-0.39, 0.29) is 23.3 Å². The van der Waals surface area contributed by atoms with Crippen molar-refractivity contribution in [2.75, 3.05) is 24.7 Å². The first-order valence-corrected chi connectivity index (χ1v) is 15.7. The number of benzene rings is 3. The zero-order valence-electron chi connectivity index (χ0n) is 24.0. The molecule has 4 rings (SSSR count). The molecule has 0 saturated carbocycles. The Kier molecular flexibility index (Phi) is 11.7. The number of anilines is 1. The van der Waals surface area contributed by atoms with Crippen LogP contribution in [-0.4, -0.2) is 79.0 Å². The highest BCUT2D eigenvalue weighted by atomic mass is 32.2. The summed E-state index contributed by atoms with van der Waals surface area (Å²) in [5.41, 5.74) is 2.20. The van der Waals surface area contributed by atoms with Gasteiger partial charge in [0, 0.05) is 19.3 Å². The van der Waals surface area contributed by atoms with Crippen LogP contribution in [0, 0.1) is 17.6 Å². The first-order valence-electron chi connectivity index (χ1n) is 14.1. The van der Waals surface area contributed by atoms with Crippen molar-refractivity contribution in [2.24, 2.45) is 5.92 Å². The molecule has 5 N–H and O–H groups in total. The van der Waals surface area contributed by atoms with E-state index in [1.165, 1.54) is 43.5 Å². The number of hydrogen-bond donors (Lipinski definition) is 5. The van der Waals surface area contributed by atoms with Crippen LogP contribution in [0.1, 0.15) is 30.1 Å². The largest absolute Gasteiger partial charge is 0.388 e. The summed E-state index contributed by atoms with van der Waals surface area (Å²) in [4.78, 5) is 0. The summed E-state index contributed by atoms with van der Waals surface area (Å²) in [7, 11) is -3.08. The predicted molar refractivity (Wildman–Crippen MR) is 157 cm³/mol. The molecule has 44 heavy (non-hydrogen) atoms. The minimum absolute atomic E-state index is 0.00565. The molecule has 3 aromatic carbocycles. The molecule has 0 spiro atoms. The van der Waals surface area contributed by atoms with Crippen LogP contribution in [0.3, 0.4) is 0 Å². The molecule has 13 heteroatoms. The van der Waals surface area contributed by atoms with E-state index in [4.69, 9.17) is 13.7 Å². The highest BCUT2D eigenvalue weighted by molar-refractivity contribution is 7.87. The molecule has 3 aromatic rings. The van der Waals surface area contributed by atoms with Gasteiger partial charge >= 0.3 is 10.1 Å². The van der Waals surface area contributed by atoms with Gasteiger partial charge < -0.3 is 39.4 Å². The van der Waals surface area contributed by atoms with Crippen molar-refractivity contribution in [2.45, 2.75) is 56.1 Å². The third-order valence-electron chi connectivity index (χ3n) is 7.48. The molecular formula is C31H37F2NO9S. The number of hydrogen-bond acceptors (Lipinski definition) is 10. The Labute approximate surface area is 255 Å². The Hall–Kier alpha value is -3.17. The van der Waals surface area contributed by atoms with Crippen molar-refractivity contribution in [3.8, 4) is 5.75 Å². The van der Waals surface area contributed by atoms with Crippen LogP contribution in [0.5, 0.6) is 5.75 Å². The normalized spacial score (nSPS) is 23.6. The number of aliphatic hydroxyl groups excluding tert-OH is 4. The zero-order chi connectivity index (χ0) is 31.9. The van der Waals surface area contributed by atoms with E-state index < -0.39 is 52.7 Å². The van der Waals surface area contributed by atoms with Gasteiger partial charge in [-0.05, 0) is 84.8 Å². The van der Waals surface area contributed by atoms with Gasteiger partial charge in [-0.3, -0.25) is 0 Å². The summed E-state index contributed by atoms with van der Waals surface area (Å²) >= 11 is 0. The van der Waals surface area contributed by atoms with Crippen molar-refractivity contribution in [3.63, 3.8) is 0 Å². The number of nitrogens with one attached hydrogen (secondary N) is 1. The average Bonchev–Trinajstić information content (AvgIpc) is 3.00. The monoisotopic (exact) mass is 637 g/mol. The molecule has 0 unspecified atom stereocenters. The van der Waals surface area contributed by atoms with Gasteiger partial charge in [0.25, 0.3) is 0 Å². The molecular weight excluding hydrogens is 600 g/mol. The molecule has 1 heterocycles. The van der Waals surface area contributed by atoms with Gasteiger partial charge in [0.15, 0.2) is 6.29 Å². The zero-order valence-corrected chi connectivity index (χ0v) is 24.8. The molecule has 7 atom stereocenters. The van der Waals surface area contributed by atoms with Gasteiger partial charge in [-0.1, -0.05) is 24.3 Å². The lowest BCUT2D eigenvalue weighted by Gasteiger charge is -2.39. The van der Waals surface area contributed by atoms with E-state index >= 15 is 0 Å². The van der Waals surface area contributed by atoms with Crippen LogP contribution >= 0.6 is 0 Å². The minimum Gasteiger partial charge on any atom is -0.388 e. The van der Waals surface area contributed by atoms with Gasteiger partial charge in [-0.15, -0.1) is 0 Å². The van der Waals surface area contributed by atoms with Crippen molar-refractivity contribution in [1.82, 2.24) is 0 Å². The summed E-state index contributed by atoms with van der Waals surface area (Å²) < 4.78 is 67.4. The summed E-state index contributed by atoms with van der Waals surface area (Å²) in [5, 5.41) is 44.0. The van der Waals surface area contributed by atoms with Crippen LogP contribution in [0.2, 0.25) is 0 Å². The van der Waals surface area contributed by atoms with Crippen LogP contribution < -0.4 is 9.50 Å². The maximum Gasteiger partial charge on any atom is 0.311 e. The fourth-order valence-corrected chi connectivity index (χ4v) is 6.15. The van der Waals surface area contributed by atoms with Crippen molar-refractivity contribution < 1.29 is 51.3 Å². The molecule has 10 nitrogen and oxygen atoms in total. The number of methoxy groups -OCH3 is 1. The lowest BCUT2D eigenvalue weighted by atomic mass is 9.91. The Balaban J connectivity index is 1.38. The predicted octanol–water partition coefficient (Wildman–Crippen LogP) is 2.91. The molecule has 1 saturated heterocycles. The smallest absolute Gasteiger partial charge is 0.311 e. The molecule has 1 fully saturated rings. The standard InChI is InChI=1S/C31H37F2NO9S/c1-41-31-30(38)29(37)28(36)27(42-31)18-44(39,40)43-25-13-2-19(3-14-25)16-20(17-34-24-11-9-23(33)10-12-24)4-15-26(35)21-5-7-22(32)8-6-21/h2-3,5-14,20,26-31,34-38H,4,15-18H2,1H3/t20-,26-,27+,28+,29-,30+,31-/m0/s1. The van der Waals surface area contributed by atoms with Crippen LogP contribution in [0.4, 0.5) is 14.5 Å². The lowest BCUT2D eigenvalue weighted by Crippen LogP contribution is -2.59. The first kappa shape index (κ1) is 33.7. The fourth-order valence-electron chi connectivity index (χ4n) is 5.00. The quantitative estimate of drug-likeness (QED) is 0.167. The van der Waals surface area contributed by atoms with E-state index in [2.05, 4.69) is 5.32 Å². The van der Waals surface area contributed by atoms with Gasteiger partial charge in [-0.2, -0.15) is 8.42 Å². The minimum atomic E-state index is -4.29. The molecule has 0 bridgehead atoms. The summed E-state index contributed by atoms with van der Waals surface area (Å²) in [5.74, 6) is -1.51. The summed E-state index contributed by atoms with van der Waals surface area (Å²) in [6, 6.07) is 18.0. The Morgan fingerprint density at radius 3 is 2.09 bits per heavy atom. The number of ether oxygens (including phenoxy) is 2. The van der Waals surface area contributed by atoms with Crippen molar-refractivity contribution in [1.29, 1.82) is 0 Å². The van der Waals surface area contributed by atoms with Crippen LogP contribution in [0.15, 0.2) is 72.8 Å². The second-order valence-electron chi connectivity index (χ2n) is 10.8. The third kappa shape index (κ3) is 9.41. The van der Waals surface area contributed by atoms with E-state index in [0.29, 0.717) is 31.4 Å². The highest BCUT2D eigenvalue weighted by Crippen LogP contribution is 2.27. The van der Waals surface area contributed by atoms with Gasteiger partial charge in [-0.25, -0.2) is 8.78 Å². The SMILES string of the molecule is CO[C@H]1O[C@H](CS(=O)(=O)Oc2ccc(C[C@H](CC[C@H](O)c3ccc(F)cc3)CNc3ccc(F)cc3)cc2)[C@@H](O)[C@H](O)[C@H]1O. The fraction of sp³-hybridized carbons (Fsp3) is 0.419. The molecule has 0 amide bonds. The highest BCUT2D eigenvalue weighted by Gasteiger charge is 2.45. The number of rotatable bonds is 14. The van der Waals surface area contributed by atoms with E-state index in [0.717, 1.165) is 11.3 Å². The molecule has 1 aliphatic heterocycles. The third-order valence-corrected chi connectivity index (χ3v) is 8.67. The second-order valence-corrected chi connectivity index (χ2v) is 12.4. The number of aliphatic hydroxyl groups is 4. The number of halogens is 2. The summed E-state index contributed by atoms with van der Waals surface area (Å²) in [6.45, 7) is 0.501. The van der Waals surface area contributed by atoms with E-state index in [1.54, 1.807) is 36.4 Å². The maximum atomic E-state index is 13.3. The Morgan fingerprint density at radius 2 is 1.48 bits per heavy atom. The Bertz CT molecular complexity index is 1420. The lowest BCUT2D eigenvalue weighted by molar-refractivity contribution is -0.285. The van der Waals surface area contributed by atoms with Gasteiger partial charge in [0.05, 0.1) is 6.10 Å². The Morgan fingerprint density at radius 1 is 0.864 bits per heavy atom. The van der Waals surface area contributed by atoms with Crippen LogP contribution in [0.25, 0.3) is 0 Å². The average molecular weight is 638 g/mol. The molecule has 1 aliphatic rings. The summed E-state index contributed by atoms with van der Waals surface area (Å²) in [6.07, 6.45) is -6.87. The molecule has 0 aliphatic carbocycles. The first-order chi connectivity index (χ1) is 20.9. The van der Waals surface area contributed by atoms with Crippen molar-refractivity contribution in [3.05, 3.63) is 95.6 Å². The van der Waals surface area contributed by atoms with Gasteiger partial charge in [0.2, 0.25) is 0 Å². The maximum absolute atomic E-state index is 13.3. The second kappa shape index (κ2) is 15.2. The van der Waals surface area contributed by atoms with Crippen molar-refractivity contribution >= 4 is 15.8 Å². The molecule has 0 radical (unpaired) electrons. The topological polar surface area (TPSA) is 155 Å². The van der Waals surface area contributed by atoms with E-state index in [1.807, 2.05) is 0 Å².